The molecule has 2 aromatic rings. The molecular formula is C19H22O4. The van der Waals surface area contributed by atoms with Crippen molar-refractivity contribution >= 4 is 0 Å². The fraction of sp³-hybridized carbons (Fsp3) is 0.368. The summed E-state index contributed by atoms with van der Waals surface area (Å²) in [4.78, 5) is 0. The number of hydrogen-bond donors (Lipinski definition) is 3. The Bertz CT molecular complexity index is 766. The summed E-state index contributed by atoms with van der Waals surface area (Å²) in [5.41, 5.74) is 0.631. The second-order valence-electron chi connectivity index (χ2n) is 7.03. The van der Waals surface area contributed by atoms with Gasteiger partial charge in [0.25, 0.3) is 0 Å². The van der Waals surface area contributed by atoms with Gasteiger partial charge in [0.15, 0.2) is 0 Å². The summed E-state index contributed by atoms with van der Waals surface area (Å²) in [6.45, 7) is 8.28. The number of aromatic hydroxyl groups is 3. The van der Waals surface area contributed by atoms with Crippen LogP contribution in [0.25, 0.3) is 0 Å². The number of rotatable bonds is 1. The molecule has 2 aromatic carbocycles. The molecule has 1 aliphatic heterocycles. The van der Waals surface area contributed by atoms with Crippen molar-refractivity contribution in [1.82, 2.24) is 0 Å². The summed E-state index contributed by atoms with van der Waals surface area (Å²) in [7, 11) is 0. The zero-order valence-corrected chi connectivity index (χ0v) is 13.8. The van der Waals surface area contributed by atoms with Crippen LogP contribution < -0.4 is 4.74 Å². The van der Waals surface area contributed by atoms with E-state index in [1.165, 1.54) is 6.07 Å². The van der Waals surface area contributed by atoms with Gasteiger partial charge in [0.2, 0.25) is 0 Å². The number of hydrogen-bond acceptors (Lipinski definition) is 4. The molecule has 122 valence electrons. The molecule has 0 radical (unpaired) electrons. The van der Waals surface area contributed by atoms with E-state index >= 15 is 0 Å². The zero-order chi connectivity index (χ0) is 17.0. The first-order valence-corrected chi connectivity index (χ1v) is 7.71. The minimum Gasteiger partial charge on any atom is -0.508 e. The maximum atomic E-state index is 10.3. The van der Waals surface area contributed by atoms with Gasteiger partial charge in [-0.3, -0.25) is 0 Å². The van der Waals surface area contributed by atoms with Gasteiger partial charge in [-0.2, -0.15) is 0 Å². The van der Waals surface area contributed by atoms with Gasteiger partial charge in [0.1, 0.15) is 28.6 Å². The van der Waals surface area contributed by atoms with Crippen LogP contribution in [0.2, 0.25) is 0 Å². The lowest BCUT2D eigenvalue weighted by atomic mass is 9.63. The predicted octanol–water partition coefficient (Wildman–Crippen LogP) is 4.02. The first-order chi connectivity index (χ1) is 10.7. The third kappa shape index (κ3) is 2.21. The van der Waals surface area contributed by atoms with E-state index in [1.807, 2.05) is 13.0 Å². The average Bonchev–Trinajstić information content (AvgIpc) is 2.44. The third-order valence-corrected chi connectivity index (χ3v) is 5.41. The molecule has 1 heterocycles. The van der Waals surface area contributed by atoms with Crippen LogP contribution in [-0.2, 0) is 11.0 Å². The van der Waals surface area contributed by atoms with Crippen LogP contribution in [0.4, 0.5) is 0 Å². The molecular weight excluding hydrogens is 292 g/mol. The molecule has 0 saturated carbocycles. The molecule has 0 amide bonds. The first-order valence-electron chi connectivity index (χ1n) is 7.71. The highest BCUT2D eigenvalue weighted by Gasteiger charge is 2.50. The molecule has 23 heavy (non-hydrogen) atoms. The van der Waals surface area contributed by atoms with E-state index in [0.717, 1.165) is 5.56 Å². The molecule has 0 aromatic heterocycles. The summed E-state index contributed by atoms with van der Waals surface area (Å²) < 4.78 is 6.25. The van der Waals surface area contributed by atoms with Crippen molar-refractivity contribution in [2.45, 2.75) is 38.7 Å². The van der Waals surface area contributed by atoms with Gasteiger partial charge >= 0.3 is 0 Å². The Morgan fingerprint density at radius 1 is 0.870 bits per heavy atom. The summed E-state index contributed by atoms with van der Waals surface area (Å²) in [5.74, 6) is 0.811. The second kappa shape index (κ2) is 4.82. The van der Waals surface area contributed by atoms with Gasteiger partial charge in [-0.05, 0) is 25.1 Å². The van der Waals surface area contributed by atoms with Crippen LogP contribution in [0.5, 0.6) is 23.0 Å². The molecule has 0 bridgehead atoms. The average molecular weight is 314 g/mol. The lowest BCUT2D eigenvalue weighted by Crippen LogP contribution is -2.49. The number of fused-ring (bicyclic) bond motifs is 1. The normalized spacial score (nSPS) is 25.5. The van der Waals surface area contributed by atoms with E-state index < -0.39 is 5.60 Å². The Labute approximate surface area is 136 Å². The minimum atomic E-state index is -0.790. The van der Waals surface area contributed by atoms with Crippen LogP contribution >= 0.6 is 0 Å². The van der Waals surface area contributed by atoms with Gasteiger partial charge in [0, 0.05) is 34.6 Å². The van der Waals surface area contributed by atoms with E-state index in [4.69, 9.17) is 4.74 Å². The maximum absolute atomic E-state index is 10.3. The summed E-state index contributed by atoms with van der Waals surface area (Å²) in [5, 5.41) is 29.7. The van der Waals surface area contributed by atoms with Crippen molar-refractivity contribution in [3.8, 4) is 23.0 Å². The highest BCUT2D eigenvalue weighted by atomic mass is 16.5. The van der Waals surface area contributed by atoms with E-state index in [2.05, 4.69) is 20.8 Å². The van der Waals surface area contributed by atoms with Crippen LogP contribution in [0.1, 0.15) is 38.8 Å². The first kappa shape index (κ1) is 15.5. The Kier molecular flexibility index (Phi) is 3.25. The molecule has 3 N–H and O–H groups in total. The van der Waals surface area contributed by atoms with E-state index in [-0.39, 0.29) is 28.6 Å². The molecule has 1 aliphatic rings. The Hall–Kier alpha value is -2.36. The molecule has 0 spiro atoms. The Morgan fingerprint density at radius 2 is 1.43 bits per heavy atom. The monoisotopic (exact) mass is 314 g/mol. The largest absolute Gasteiger partial charge is 0.508 e. The van der Waals surface area contributed by atoms with Crippen molar-refractivity contribution in [2.75, 3.05) is 0 Å². The van der Waals surface area contributed by atoms with Gasteiger partial charge in [-0.25, -0.2) is 0 Å². The highest BCUT2D eigenvalue weighted by Crippen LogP contribution is 2.54. The van der Waals surface area contributed by atoms with Crippen LogP contribution in [-0.4, -0.2) is 15.3 Å². The van der Waals surface area contributed by atoms with Gasteiger partial charge in [-0.1, -0.05) is 26.8 Å². The number of phenolic OH excluding ortho intramolecular Hbond substituents is 3. The van der Waals surface area contributed by atoms with Crippen molar-refractivity contribution < 1.29 is 20.1 Å². The quantitative estimate of drug-likeness (QED) is 0.743. The van der Waals surface area contributed by atoms with Crippen LogP contribution in [0.15, 0.2) is 36.4 Å². The molecule has 0 aliphatic carbocycles. The zero-order valence-electron chi connectivity index (χ0n) is 13.8. The summed E-state index contributed by atoms with van der Waals surface area (Å²) in [6.07, 6.45) is 0. The van der Waals surface area contributed by atoms with E-state index in [9.17, 15) is 15.3 Å². The summed E-state index contributed by atoms with van der Waals surface area (Å²) in [6, 6.07) is 9.71. The molecule has 0 saturated heterocycles. The van der Waals surface area contributed by atoms with Crippen LogP contribution in [0, 0.1) is 5.92 Å². The molecule has 3 rings (SSSR count). The van der Waals surface area contributed by atoms with Crippen molar-refractivity contribution in [3.63, 3.8) is 0 Å². The van der Waals surface area contributed by atoms with E-state index in [1.54, 1.807) is 24.3 Å². The minimum absolute atomic E-state index is 0.00115. The number of benzene rings is 2. The van der Waals surface area contributed by atoms with Crippen molar-refractivity contribution in [3.05, 3.63) is 47.5 Å². The van der Waals surface area contributed by atoms with Gasteiger partial charge in [0.05, 0.1) is 0 Å². The fourth-order valence-corrected chi connectivity index (χ4v) is 3.59. The SMILES string of the molecule is CC1C(C)(C)c2ccc(O)cc2OC1(C)c1ccc(O)cc1O. The van der Waals surface area contributed by atoms with Crippen molar-refractivity contribution in [1.29, 1.82) is 0 Å². The molecule has 2 unspecified atom stereocenters. The molecule has 4 heteroatoms. The Morgan fingerprint density at radius 3 is 2.04 bits per heavy atom. The maximum Gasteiger partial charge on any atom is 0.138 e. The lowest BCUT2D eigenvalue weighted by Gasteiger charge is -2.50. The third-order valence-electron chi connectivity index (χ3n) is 5.41. The van der Waals surface area contributed by atoms with Crippen LogP contribution in [0.3, 0.4) is 0 Å². The van der Waals surface area contributed by atoms with Crippen molar-refractivity contribution in [2.24, 2.45) is 5.92 Å². The standard InChI is InChI=1S/C19H22O4/c1-11-18(2,3)15-8-6-13(21)10-17(15)23-19(11,4)14-7-5-12(20)9-16(14)22/h5-11,20-22H,1-4H3. The predicted molar refractivity (Wildman–Crippen MR) is 88.0 cm³/mol. The second-order valence-corrected chi connectivity index (χ2v) is 7.03. The molecule has 4 nitrogen and oxygen atoms in total. The highest BCUT2D eigenvalue weighted by molar-refractivity contribution is 5.50. The summed E-state index contributed by atoms with van der Waals surface area (Å²) >= 11 is 0. The van der Waals surface area contributed by atoms with Gasteiger partial charge in [-0.15, -0.1) is 0 Å². The molecule has 0 fully saturated rings. The number of ether oxygens (including phenoxy) is 1. The fourth-order valence-electron chi connectivity index (χ4n) is 3.59. The van der Waals surface area contributed by atoms with Gasteiger partial charge < -0.3 is 20.1 Å². The lowest BCUT2D eigenvalue weighted by molar-refractivity contribution is -0.0267. The molecule has 2 atom stereocenters. The van der Waals surface area contributed by atoms with E-state index in [0.29, 0.717) is 11.3 Å². The Balaban J connectivity index is 2.21. The number of phenols is 3. The topological polar surface area (TPSA) is 69.9 Å². The smallest absolute Gasteiger partial charge is 0.138 e.